The zero-order valence-corrected chi connectivity index (χ0v) is 16.0. The van der Waals surface area contributed by atoms with Crippen molar-refractivity contribution < 1.29 is 59.1 Å². The standard InChI is InChI=1S/2C6H11NO4.Zn/c2*1-7-4(6(10)11)2-3-5(8)9;/h2*4,7H,2-3H2,1H3,(H,8,9)(H,10,11);/q;;+2/p-2/t2*4-;/m00./s1. The van der Waals surface area contributed by atoms with Crippen LogP contribution in [0.1, 0.15) is 25.7 Å². The topological polar surface area (TPSA) is 179 Å². The third-order valence-corrected chi connectivity index (χ3v) is 2.56. The molecule has 10 nitrogen and oxygen atoms in total. The summed E-state index contributed by atoms with van der Waals surface area (Å²) in [7, 11) is 2.89. The Morgan fingerprint density at radius 2 is 1.09 bits per heavy atom. The van der Waals surface area contributed by atoms with Crippen LogP contribution in [0, 0.1) is 0 Å². The molecule has 0 bridgehead atoms. The second kappa shape index (κ2) is 15.3. The van der Waals surface area contributed by atoms with Gasteiger partial charge in [-0.1, -0.05) is 0 Å². The summed E-state index contributed by atoms with van der Waals surface area (Å²) in [5.41, 5.74) is 0. The first-order chi connectivity index (χ1) is 10.1. The van der Waals surface area contributed by atoms with Gasteiger partial charge in [0.05, 0.1) is 11.9 Å². The summed E-state index contributed by atoms with van der Waals surface area (Å²) in [5.74, 6) is -4.56. The van der Waals surface area contributed by atoms with E-state index < -0.39 is 36.0 Å². The van der Waals surface area contributed by atoms with Gasteiger partial charge in [-0.05, 0) is 26.9 Å². The maximum absolute atomic E-state index is 10.2. The molecule has 0 heterocycles. The molecule has 0 aliphatic heterocycles. The minimum Gasteiger partial charge on any atom is -0.548 e. The predicted molar refractivity (Wildman–Crippen MR) is 69.4 cm³/mol. The fourth-order valence-corrected chi connectivity index (χ4v) is 1.30. The third kappa shape index (κ3) is 16.6. The molecule has 0 aromatic carbocycles. The minimum absolute atomic E-state index is 0. The first-order valence-corrected chi connectivity index (χ1v) is 6.35. The molecular weight excluding hydrogens is 366 g/mol. The molecule has 0 radical (unpaired) electrons. The molecule has 11 heteroatoms. The number of carboxylic acids is 4. The van der Waals surface area contributed by atoms with Crippen LogP contribution in [0.2, 0.25) is 0 Å². The van der Waals surface area contributed by atoms with Gasteiger partial charge in [-0.3, -0.25) is 9.59 Å². The number of hydrogen-bond donors (Lipinski definition) is 4. The fraction of sp³-hybridized carbons (Fsp3) is 0.667. The molecule has 0 aliphatic carbocycles. The first-order valence-electron chi connectivity index (χ1n) is 6.35. The molecule has 128 valence electrons. The van der Waals surface area contributed by atoms with E-state index in [-0.39, 0.29) is 45.2 Å². The van der Waals surface area contributed by atoms with Crippen molar-refractivity contribution in [2.24, 2.45) is 0 Å². The van der Waals surface area contributed by atoms with Crippen LogP contribution in [0.25, 0.3) is 0 Å². The van der Waals surface area contributed by atoms with Crippen molar-refractivity contribution >= 4 is 23.9 Å². The van der Waals surface area contributed by atoms with Crippen LogP contribution in [0.4, 0.5) is 0 Å². The van der Waals surface area contributed by atoms with Gasteiger partial charge in [0.1, 0.15) is 0 Å². The second-order valence-corrected chi connectivity index (χ2v) is 4.19. The van der Waals surface area contributed by atoms with Crippen LogP contribution >= 0.6 is 0 Å². The molecule has 0 aliphatic rings. The van der Waals surface area contributed by atoms with E-state index in [1.807, 2.05) is 0 Å². The second-order valence-electron chi connectivity index (χ2n) is 4.19. The minimum atomic E-state index is -1.27. The zero-order chi connectivity index (χ0) is 17.7. The van der Waals surface area contributed by atoms with Gasteiger partial charge >= 0.3 is 31.4 Å². The average Bonchev–Trinajstić information content (AvgIpc) is 2.39. The van der Waals surface area contributed by atoms with Crippen molar-refractivity contribution in [3.63, 3.8) is 0 Å². The Hall–Kier alpha value is -1.58. The van der Waals surface area contributed by atoms with E-state index in [4.69, 9.17) is 10.2 Å². The Morgan fingerprint density at radius 3 is 1.22 bits per heavy atom. The van der Waals surface area contributed by atoms with Gasteiger partial charge in [0, 0.05) is 24.9 Å². The summed E-state index contributed by atoms with van der Waals surface area (Å²) in [5, 5.41) is 41.6. The Bertz CT molecular complexity index is 355. The SMILES string of the molecule is CN[C@@H](CCC(=O)O)C(=O)[O-].CN[C@@H](CCC(=O)O)C(=O)[O-].[Zn+2]. The Balaban J connectivity index is -0.000000333. The van der Waals surface area contributed by atoms with Crippen LogP contribution in [0.3, 0.4) is 0 Å². The molecule has 0 amide bonds. The van der Waals surface area contributed by atoms with Crippen molar-refractivity contribution in [1.82, 2.24) is 10.6 Å². The van der Waals surface area contributed by atoms with Gasteiger partial charge in [-0.15, -0.1) is 0 Å². The van der Waals surface area contributed by atoms with Crippen LogP contribution in [-0.4, -0.2) is 60.3 Å². The molecule has 2 atom stereocenters. The molecule has 0 saturated carbocycles. The molecule has 0 saturated heterocycles. The smallest absolute Gasteiger partial charge is 0.548 e. The number of nitrogens with one attached hydrogen (secondary N) is 2. The predicted octanol–water partition coefficient (Wildman–Crippen LogP) is -3.62. The van der Waals surface area contributed by atoms with Crippen molar-refractivity contribution in [1.29, 1.82) is 0 Å². The summed E-state index contributed by atoms with van der Waals surface area (Å²) in [6.07, 6.45) is -0.235. The molecule has 4 N–H and O–H groups in total. The number of likely N-dealkylation sites (N-methyl/N-ethyl adjacent to an activating group) is 2. The van der Waals surface area contributed by atoms with Gasteiger partial charge in [-0.25, -0.2) is 0 Å². The summed E-state index contributed by atoms with van der Waals surface area (Å²) in [4.78, 5) is 40.4. The van der Waals surface area contributed by atoms with E-state index in [0.29, 0.717) is 0 Å². The van der Waals surface area contributed by atoms with Gasteiger partial charge in [-0.2, -0.15) is 0 Å². The van der Waals surface area contributed by atoms with Crippen LogP contribution in [-0.2, 0) is 38.7 Å². The van der Waals surface area contributed by atoms with Crippen molar-refractivity contribution in [2.45, 2.75) is 37.8 Å². The van der Waals surface area contributed by atoms with E-state index >= 15 is 0 Å². The normalized spacial score (nSPS) is 11.9. The van der Waals surface area contributed by atoms with Gasteiger partial charge < -0.3 is 40.6 Å². The van der Waals surface area contributed by atoms with Crippen LogP contribution < -0.4 is 20.8 Å². The average molecular weight is 386 g/mol. The number of carbonyl (C=O) groups excluding carboxylic acids is 2. The number of carbonyl (C=O) groups is 4. The molecule has 0 aromatic rings. The number of carboxylic acid groups (broad SMARTS) is 4. The number of aliphatic carboxylic acids is 4. The van der Waals surface area contributed by atoms with Gasteiger partial charge in [0.15, 0.2) is 0 Å². The van der Waals surface area contributed by atoms with Gasteiger partial charge in [0.2, 0.25) is 0 Å². The third-order valence-electron chi connectivity index (χ3n) is 2.56. The Kier molecular flexibility index (Phi) is 17.5. The molecule has 0 spiro atoms. The van der Waals surface area contributed by atoms with Crippen molar-refractivity contribution in [3.8, 4) is 0 Å². The van der Waals surface area contributed by atoms with E-state index in [0.717, 1.165) is 0 Å². The fourth-order valence-electron chi connectivity index (χ4n) is 1.30. The molecular formula is C12H20N2O8Zn. The summed E-state index contributed by atoms with van der Waals surface area (Å²) < 4.78 is 0. The van der Waals surface area contributed by atoms with Crippen molar-refractivity contribution in [3.05, 3.63) is 0 Å². The van der Waals surface area contributed by atoms with Gasteiger partial charge in [0.25, 0.3) is 0 Å². The molecule has 0 aromatic heterocycles. The van der Waals surface area contributed by atoms with Crippen LogP contribution in [0.15, 0.2) is 0 Å². The molecule has 0 fully saturated rings. The van der Waals surface area contributed by atoms with E-state index in [2.05, 4.69) is 10.6 Å². The summed E-state index contributed by atoms with van der Waals surface area (Å²) >= 11 is 0. The number of rotatable bonds is 10. The maximum Gasteiger partial charge on any atom is 2.00 e. The Labute approximate surface area is 146 Å². The van der Waals surface area contributed by atoms with Crippen molar-refractivity contribution in [2.75, 3.05) is 14.1 Å². The summed E-state index contributed by atoms with van der Waals surface area (Å²) in [6.45, 7) is 0. The Morgan fingerprint density at radius 1 is 0.826 bits per heavy atom. The largest absolute Gasteiger partial charge is 2.00 e. The first kappa shape index (κ1) is 26.3. The molecule has 0 rings (SSSR count). The summed E-state index contributed by atoms with van der Waals surface area (Å²) in [6, 6.07) is -1.74. The maximum atomic E-state index is 10.2. The monoisotopic (exact) mass is 384 g/mol. The quantitative estimate of drug-likeness (QED) is 0.274. The van der Waals surface area contributed by atoms with E-state index in [1.54, 1.807) is 0 Å². The van der Waals surface area contributed by atoms with E-state index in [9.17, 15) is 29.4 Å². The number of hydrogen-bond acceptors (Lipinski definition) is 8. The molecule has 0 unspecified atom stereocenters. The molecule has 23 heavy (non-hydrogen) atoms. The zero-order valence-electron chi connectivity index (χ0n) is 13.0. The van der Waals surface area contributed by atoms with E-state index in [1.165, 1.54) is 14.1 Å². The van der Waals surface area contributed by atoms with Crippen LogP contribution in [0.5, 0.6) is 0 Å².